The maximum atomic E-state index is 14.0. The van der Waals surface area contributed by atoms with Gasteiger partial charge in [0.15, 0.2) is 11.5 Å². The Hall–Kier alpha value is -1.58. The van der Waals surface area contributed by atoms with E-state index in [0.717, 1.165) is 12.8 Å². The molecule has 1 aromatic rings. The molecule has 0 amide bonds. The van der Waals surface area contributed by atoms with E-state index in [9.17, 15) is 8.78 Å². The van der Waals surface area contributed by atoms with Crippen LogP contribution in [-0.2, 0) is 0 Å². The van der Waals surface area contributed by atoms with Crippen LogP contribution in [0.3, 0.4) is 0 Å². The maximum absolute atomic E-state index is 14.0. The van der Waals surface area contributed by atoms with Crippen molar-refractivity contribution in [3.63, 3.8) is 0 Å². The summed E-state index contributed by atoms with van der Waals surface area (Å²) >= 11 is 0. The predicted molar refractivity (Wildman–Crippen MR) is 92.5 cm³/mol. The van der Waals surface area contributed by atoms with Crippen molar-refractivity contribution in [1.29, 1.82) is 0 Å². The molecule has 0 bridgehead atoms. The van der Waals surface area contributed by atoms with Crippen LogP contribution in [0.2, 0.25) is 0 Å². The fourth-order valence-electron chi connectivity index (χ4n) is 3.06. The van der Waals surface area contributed by atoms with Crippen molar-refractivity contribution in [2.75, 3.05) is 13.2 Å². The molecule has 1 aliphatic carbocycles. The Balaban J connectivity index is 1.84. The highest BCUT2D eigenvalue weighted by Crippen LogP contribution is 2.30. The Bertz CT molecular complexity index is 543. The highest BCUT2D eigenvalue weighted by molar-refractivity contribution is 5.35. The molecule has 1 aliphatic rings. The van der Waals surface area contributed by atoms with Gasteiger partial charge < -0.3 is 9.47 Å². The maximum Gasteiger partial charge on any atom is 0.204 e. The van der Waals surface area contributed by atoms with Crippen molar-refractivity contribution in [1.82, 2.24) is 0 Å². The summed E-state index contributed by atoms with van der Waals surface area (Å²) in [5.74, 6) is -1.15. The van der Waals surface area contributed by atoms with E-state index in [4.69, 9.17) is 9.47 Å². The molecule has 24 heavy (non-hydrogen) atoms. The molecule has 0 radical (unpaired) electrons. The molecule has 2 atom stereocenters. The first kappa shape index (κ1) is 18.8. The van der Waals surface area contributed by atoms with E-state index in [1.54, 1.807) is 6.92 Å². The number of allylic oxidation sites excluding steroid dienone is 1. The summed E-state index contributed by atoms with van der Waals surface area (Å²) in [7, 11) is 0. The molecule has 0 N–H and O–H groups in total. The minimum absolute atomic E-state index is 0.0468. The number of unbranched alkanes of at least 4 members (excludes halogenated alkanes) is 2. The van der Waals surface area contributed by atoms with Crippen LogP contribution >= 0.6 is 0 Å². The molecule has 2 unspecified atom stereocenters. The quantitative estimate of drug-likeness (QED) is 0.412. The first-order valence-electron chi connectivity index (χ1n) is 9.07. The lowest BCUT2D eigenvalue weighted by atomic mass is 9.86. The smallest absolute Gasteiger partial charge is 0.204 e. The molecule has 1 aromatic carbocycles. The van der Waals surface area contributed by atoms with Crippen LogP contribution in [-0.4, -0.2) is 13.2 Å². The molecule has 0 saturated heterocycles. The molecular formula is C20H28F2O2. The Kier molecular flexibility index (Phi) is 7.54. The van der Waals surface area contributed by atoms with Gasteiger partial charge in [-0.3, -0.25) is 0 Å². The van der Waals surface area contributed by atoms with Gasteiger partial charge in [-0.15, -0.1) is 0 Å². The van der Waals surface area contributed by atoms with E-state index < -0.39 is 11.6 Å². The monoisotopic (exact) mass is 338 g/mol. The second-order valence-corrected chi connectivity index (χ2v) is 6.41. The molecule has 0 saturated carbocycles. The van der Waals surface area contributed by atoms with Crippen LogP contribution in [0.25, 0.3) is 0 Å². The normalized spacial score (nSPS) is 20.2. The minimum atomic E-state index is -0.982. The van der Waals surface area contributed by atoms with Gasteiger partial charge in [0.05, 0.1) is 13.2 Å². The average Bonchev–Trinajstić information content (AvgIpc) is 2.60. The summed E-state index contributed by atoms with van der Waals surface area (Å²) in [5.41, 5.74) is 0. The van der Waals surface area contributed by atoms with Crippen LogP contribution in [0.4, 0.5) is 8.78 Å². The molecule has 0 aromatic heterocycles. The van der Waals surface area contributed by atoms with E-state index in [-0.39, 0.29) is 17.4 Å². The van der Waals surface area contributed by atoms with E-state index in [0.29, 0.717) is 19.1 Å². The fraction of sp³-hybridized carbons (Fsp3) is 0.600. The molecule has 0 fully saturated rings. The van der Waals surface area contributed by atoms with Crippen molar-refractivity contribution in [3.8, 4) is 11.5 Å². The molecule has 0 aliphatic heterocycles. The zero-order valence-corrected chi connectivity index (χ0v) is 14.7. The second kappa shape index (κ2) is 9.65. The molecule has 2 nitrogen and oxygen atoms in total. The van der Waals surface area contributed by atoms with Crippen molar-refractivity contribution in [3.05, 3.63) is 35.9 Å². The van der Waals surface area contributed by atoms with E-state index >= 15 is 0 Å². The van der Waals surface area contributed by atoms with Gasteiger partial charge in [-0.05, 0) is 44.2 Å². The van der Waals surface area contributed by atoms with Crippen LogP contribution in [0.1, 0.15) is 52.4 Å². The molecule has 4 heteroatoms. The lowest BCUT2D eigenvalue weighted by Gasteiger charge is -2.23. The van der Waals surface area contributed by atoms with Gasteiger partial charge in [0.2, 0.25) is 11.6 Å². The third-order valence-electron chi connectivity index (χ3n) is 4.51. The van der Waals surface area contributed by atoms with Gasteiger partial charge in [-0.1, -0.05) is 38.3 Å². The Morgan fingerprint density at radius 1 is 0.917 bits per heavy atom. The predicted octanol–water partition coefficient (Wildman–Crippen LogP) is 5.91. The number of halogens is 2. The first-order chi connectivity index (χ1) is 11.7. The molecule has 0 heterocycles. The third-order valence-corrected chi connectivity index (χ3v) is 4.51. The number of benzene rings is 1. The zero-order chi connectivity index (χ0) is 17.4. The second-order valence-electron chi connectivity index (χ2n) is 6.41. The molecular weight excluding hydrogens is 310 g/mol. The number of hydrogen-bond donors (Lipinski definition) is 0. The molecule has 0 spiro atoms. The lowest BCUT2D eigenvalue weighted by molar-refractivity contribution is 0.238. The highest BCUT2D eigenvalue weighted by atomic mass is 19.2. The van der Waals surface area contributed by atoms with Crippen LogP contribution in [0.5, 0.6) is 11.5 Å². The van der Waals surface area contributed by atoms with Gasteiger partial charge in [0.25, 0.3) is 0 Å². The van der Waals surface area contributed by atoms with Gasteiger partial charge >= 0.3 is 0 Å². The summed E-state index contributed by atoms with van der Waals surface area (Å²) in [6, 6.07) is 2.85. The number of hydrogen-bond acceptors (Lipinski definition) is 2. The zero-order valence-electron chi connectivity index (χ0n) is 14.7. The minimum Gasteiger partial charge on any atom is -0.491 e. The van der Waals surface area contributed by atoms with E-state index in [1.165, 1.54) is 37.8 Å². The third kappa shape index (κ3) is 5.22. The summed E-state index contributed by atoms with van der Waals surface area (Å²) in [6.45, 7) is 4.62. The Morgan fingerprint density at radius 3 is 2.12 bits per heavy atom. The number of ether oxygens (including phenoxy) is 2. The van der Waals surface area contributed by atoms with Gasteiger partial charge in [-0.25, -0.2) is 0 Å². The van der Waals surface area contributed by atoms with Gasteiger partial charge in [0, 0.05) is 5.92 Å². The summed E-state index contributed by atoms with van der Waals surface area (Å²) in [6.07, 6.45) is 11.7. The van der Waals surface area contributed by atoms with Crippen molar-refractivity contribution in [2.45, 2.75) is 52.4 Å². The van der Waals surface area contributed by atoms with E-state index in [2.05, 4.69) is 19.1 Å². The van der Waals surface area contributed by atoms with Gasteiger partial charge in [-0.2, -0.15) is 8.78 Å². The highest BCUT2D eigenvalue weighted by Gasteiger charge is 2.19. The van der Waals surface area contributed by atoms with Crippen LogP contribution in [0, 0.1) is 23.5 Å². The largest absolute Gasteiger partial charge is 0.491 e. The fourth-order valence-corrected chi connectivity index (χ4v) is 3.06. The topological polar surface area (TPSA) is 18.5 Å². The van der Waals surface area contributed by atoms with Crippen LogP contribution in [0.15, 0.2) is 24.3 Å². The van der Waals surface area contributed by atoms with Crippen molar-refractivity contribution in [2.24, 2.45) is 11.8 Å². The van der Waals surface area contributed by atoms with Crippen LogP contribution < -0.4 is 9.47 Å². The Morgan fingerprint density at radius 2 is 1.54 bits per heavy atom. The Labute approximate surface area is 143 Å². The average molecular weight is 338 g/mol. The molecule has 134 valence electrons. The first-order valence-corrected chi connectivity index (χ1v) is 9.07. The summed E-state index contributed by atoms with van der Waals surface area (Å²) in [5, 5.41) is 0. The molecule has 2 rings (SSSR count). The summed E-state index contributed by atoms with van der Waals surface area (Å²) < 4.78 is 38.3. The number of rotatable bonds is 9. The van der Waals surface area contributed by atoms with Crippen molar-refractivity contribution >= 4 is 0 Å². The summed E-state index contributed by atoms with van der Waals surface area (Å²) in [4.78, 5) is 0. The SMILES string of the molecule is CCCCCC1C=CC(COc2ccc(OCC)c(F)c2F)CC1. The van der Waals surface area contributed by atoms with E-state index in [1.807, 2.05) is 0 Å². The standard InChI is InChI=1S/C20H28F2O2/c1-3-5-6-7-15-8-10-16(11-9-15)14-24-18-13-12-17(23-4-2)19(21)20(18)22/h8,10,12-13,15-16H,3-7,9,11,14H2,1-2H3. The van der Waals surface area contributed by atoms with Crippen molar-refractivity contribution < 1.29 is 18.3 Å². The van der Waals surface area contributed by atoms with Gasteiger partial charge in [0.1, 0.15) is 0 Å². The lowest BCUT2D eigenvalue weighted by Crippen LogP contribution is -2.16.